The standard InChI is InChI=1S/C16H21N3O2/c1-10(2)8-15(20)17-11-5-6-12-13(9-11)19-16(18-12)14-4-3-7-21-14/h5-6,9-10,14H,3-4,7-8H2,1-2H3,(H,17,20)(H,18,19)/t14-/m0/s1. The van der Waals surface area contributed by atoms with E-state index >= 15 is 0 Å². The van der Waals surface area contributed by atoms with E-state index in [2.05, 4.69) is 15.3 Å². The highest BCUT2D eigenvalue weighted by Crippen LogP contribution is 2.28. The van der Waals surface area contributed by atoms with Crippen LogP contribution in [0.5, 0.6) is 0 Å². The molecule has 1 aromatic carbocycles. The molecule has 0 saturated carbocycles. The molecule has 0 unspecified atom stereocenters. The topological polar surface area (TPSA) is 67.0 Å². The fourth-order valence-corrected chi connectivity index (χ4v) is 2.64. The summed E-state index contributed by atoms with van der Waals surface area (Å²) in [6.45, 7) is 4.87. The number of rotatable bonds is 4. The molecule has 1 amide bonds. The van der Waals surface area contributed by atoms with E-state index in [0.717, 1.165) is 42.0 Å². The third-order valence-electron chi connectivity index (χ3n) is 3.61. The number of aromatic amines is 1. The SMILES string of the molecule is CC(C)CC(=O)Nc1ccc2nc([C@@H]3CCCO3)[nH]c2c1. The number of carbonyl (C=O) groups excluding carboxylic acids is 1. The molecule has 21 heavy (non-hydrogen) atoms. The zero-order valence-corrected chi connectivity index (χ0v) is 12.5. The van der Waals surface area contributed by atoms with E-state index in [1.807, 2.05) is 32.0 Å². The summed E-state index contributed by atoms with van der Waals surface area (Å²) in [5.74, 6) is 1.28. The summed E-state index contributed by atoms with van der Waals surface area (Å²) in [6.07, 6.45) is 2.70. The molecule has 2 heterocycles. The Kier molecular flexibility index (Phi) is 3.92. The first-order valence-corrected chi connectivity index (χ1v) is 7.53. The number of hydrogen-bond acceptors (Lipinski definition) is 3. The Balaban J connectivity index is 1.78. The average molecular weight is 287 g/mol. The van der Waals surface area contributed by atoms with E-state index in [9.17, 15) is 4.79 Å². The smallest absolute Gasteiger partial charge is 0.224 e. The minimum atomic E-state index is 0.0446. The summed E-state index contributed by atoms with van der Waals surface area (Å²) < 4.78 is 5.64. The Morgan fingerprint density at radius 1 is 1.52 bits per heavy atom. The number of benzene rings is 1. The number of fused-ring (bicyclic) bond motifs is 1. The van der Waals surface area contributed by atoms with Gasteiger partial charge in [0.25, 0.3) is 0 Å². The van der Waals surface area contributed by atoms with Gasteiger partial charge < -0.3 is 15.0 Å². The molecule has 112 valence electrons. The lowest BCUT2D eigenvalue weighted by Crippen LogP contribution is -2.13. The summed E-state index contributed by atoms with van der Waals surface area (Å²) in [5, 5.41) is 2.93. The van der Waals surface area contributed by atoms with Gasteiger partial charge in [-0.3, -0.25) is 4.79 Å². The highest BCUT2D eigenvalue weighted by molar-refractivity contribution is 5.93. The number of hydrogen-bond donors (Lipinski definition) is 2. The number of ether oxygens (including phenoxy) is 1. The molecular formula is C16H21N3O2. The van der Waals surface area contributed by atoms with Gasteiger partial charge in [-0.25, -0.2) is 4.98 Å². The maximum Gasteiger partial charge on any atom is 0.224 e. The number of nitrogens with zero attached hydrogens (tertiary/aromatic N) is 1. The van der Waals surface area contributed by atoms with Crippen LogP contribution >= 0.6 is 0 Å². The molecule has 1 aliphatic rings. The van der Waals surface area contributed by atoms with E-state index in [4.69, 9.17) is 4.74 Å². The zero-order chi connectivity index (χ0) is 14.8. The third kappa shape index (κ3) is 3.24. The highest BCUT2D eigenvalue weighted by atomic mass is 16.5. The van der Waals surface area contributed by atoms with Crippen LogP contribution in [0.25, 0.3) is 11.0 Å². The van der Waals surface area contributed by atoms with Crippen LogP contribution in [0.2, 0.25) is 0 Å². The Morgan fingerprint density at radius 3 is 3.10 bits per heavy atom. The van der Waals surface area contributed by atoms with Gasteiger partial charge in [0.2, 0.25) is 5.91 Å². The van der Waals surface area contributed by atoms with Crippen molar-refractivity contribution in [1.82, 2.24) is 9.97 Å². The van der Waals surface area contributed by atoms with Crippen LogP contribution in [0.3, 0.4) is 0 Å². The van der Waals surface area contributed by atoms with Crippen LogP contribution in [-0.2, 0) is 9.53 Å². The quantitative estimate of drug-likeness (QED) is 0.905. The lowest BCUT2D eigenvalue weighted by molar-refractivity contribution is -0.116. The number of anilines is 1. The molecule has 0 spiro atoms. The second-order valence-electron chi connectivity index (χ2n) is 6.00. The first-order chi connectivity index (χ1) is 10.1. The van der Waals surface area contributed by atoms with Gasteiger partial charge in [0, 0.05) is 18.7 Å². The maximum atomic E-state index is 11.8. The molecule has 1 atom stereocenters. The minimum absolute atomic E-state index is 0.0446. The van der Waals surface area contributed by atoms with E-state index in [-0.39, 0.29) is 12.0 Å². The third-order valence-corrected chi connectivity index (χ3v) is 3.61. The molecule has 0 aliphatic carbocycles. The van der Waals surface area contributed by atoms with Crippen molar-refractivity contribution < 1.29 is 9.53 Å². The van der Waals surface area contributed by atoms with Crippen molar-refractivity contribution in [3.8, 4) is 0 Å². The number of H-pyrrole nitrogens is 1. The van der Waals surface area contributed by atoms with Crippen LogP contribution in [0.1, 0.15) is 45.0 Å². The van der Waals surface area contributed by atoms with Crippen molar-refractivity contribution in [1.29, 1.82) is 0 Å². The molecule has 1 fully saturated rings. The van der Waals surface area contributed by atoms with Gasteiger partial charge in [0.15, 0.2) is 0 Å². The number of carbonyl (C=O) groups is 1. The van der Waals surface area contributed by atoms with Gasteiger partial charge >= 0.3 is 0 Å². The summed E-state index contributed by atoms with van der Waals surface area (Å²) in [6, 6.07) is 5.75. The Morgan fingerprint density at radius 2 is 2.38 bits per heavy atom. The van der Waals surface area contributed by atoms with Crippen molar-refractivity contribution in [2.45, 2.75) is 39.2 Å². The fraction of sp³-hybridized carbons (Fsp3) is 0.500. The van der Waals surface area contributed by atoms with E-state index in [1.54, 1.807) is 0 Å². The molecule has 2 N–H and O–H groups in total. The second-order valence-corrected chi connectivity index (χ2v) is 6.00. The zero-order valence-electron chi connectivity index (χ0n) is 12.5. The van der Waals surface area contributed by atoms with Gasteiger partial charge in [-0.15, -0.1) is 0 Å². The predicted octanol–water partition coefficient (Wildman–Crippen LogP) is 3.40. The van der Waals surface area contributed by atoms with Gasteiger partial charge in [0.05, 0.1) is 11.0 Å². The second kappa shape index (κ2) is 5.85. The maximum absolute atomic E-state index is 11.8. The molecule has 0 bridgehead atoms. The molecule has 0 radical (unpaired) electrons. The average Bonchev–Trinajstić information content (AvgIpc) is 3.05. The number of aromatic nitrogens is 2. The fourth-order valence-electron chi connectivity index (χ4n) is 2.64. The largest absolute Gasteiger partial charge is 0.370 e. The minimum Gasteiger partial charge on any atom is -0.370 e. The van der Waals surface area contributed by atoms with Crippen LogP contribution in [0, 0.1) is 5.92 Å². The molecule has 2 aromatic rings. The highest BCUT2D eigenvalue weighted by Gasteiger charge is 2.21. The molecule has 1 aliphatic heterocycles. The monoisotopic (exact) mass is 287 g/mol. The first kappa shape index (κ1) is 14.1. The number of nitrogens with one attached hydrogen (secondary N) is 2. The lowest BCUT2D eigenvalue weighted by Gasteiger charge is -2.06. The van der Waals surface area contributed by atoms with Gasteiger partial charge in [0.1, 0.15) is 11.9 Å². The van der Waals surface area contributed by atoms with Crippen molar-refractivity contribution in [3.05, 3.63) is 24.0 Å². The van der Waals surface area contributed by atoms with Gasteiger partial charge in [-0.1, -0.05) is 13.8 Å². The van der Waals surface area contributed by atoms with Crippen molar-refractivity contribution in [3.63, 3.8) is 0 Å². The van der Waals surface area contributed by atoms with Crippen molar-refractivity contribution in [2.24, 2.45) is 5.92 Å². The van der Waals surface area contributed by atoms with E-state index in [0.29, 0.717) is 12.3 Å². The van der Waals surface area contributed by atoms with Crippen molar-refractivity contribution >= 4 is 22.6 Å². The molecule has 1 aromatic heterocycles. The molecule has 3 rings (SSSR count). The Bertz CT molecular complexity index is 642. The van der Waals surface area contributed by atoms with Crippen LogP contribution in [-0.4, -0.2) is 22.5 Å². The molecule has 5 heteroatoms. The van der Waals surface area contributed by atoms with Crippen LogP contribution < -0.4 is 5.32 Å². The van der Waals surface area contributed by atoms with Crippen LogP contribution in [0.15, 0.2) is 18.2 Å². The summed E-state index contributed by atoms with van der Waals surface area (Å²) in [7, 11) is 0. The molecular weight excluding hydrogens is 266 g/mol. The first-order valence-electron chi connectivity index (χ1n) is 7.53. The summed E-state index contributed by atoms with van der Waals surface area (Å²) in [4.78, 5) is 19.7. The van der Waals surface area contributed by atoms with Gasteiger partial charge in [-0.2, -0.15) is 0 Å². The Hall–Kier alpha value is -1.88. The van der Waals surface area contributed by atoms with Gasteiger partial charge in [-0.05, 0) is 37.0 Å². The normalized spacial score (nSPS) is 18.5. The molecule has 1 saturated heterocycles. The summed E-state index contributed by atoms with van der Waals surface area (Å²) >= 11 is 0. The van der Waals surface area contributed by atoms with E-state index in [1.165, 1.54) is 0 Å². The van der Waals surface area contributed by atoms with Crippen molar-refractivity contribution in [2.75, 3.05) is 11.9 Å². The predicted molar refractivity (Wildman–Crippen MR) is 82.1 cm³/mol. The summed E-state index contributed by atoms with van der Waals surface area (Å²) in [5.41, 5.74) is 2.64. The van der Waals surface area contributed by atoms with Crippen LogP contribution in [0.4, 0.5) is 5.69 Å². The Labute approximate surface area is 124 Å². The number of amides is 1. The molecule has 5 nitrogen and oxygen atoms in total. The number of imidazole rings is 1. The van der Waals surface area contributed by atoms with E-state index < -0.39 is 0 Å². The lowest BCUT2D eigenvalue weighted by atomic mass is 10.1.